The van der Waals surface area contributed by atoms with Crippen LogP contribution in [0.4, 0.5) is 13.2 Å². The fourth-order valence-electron chi connectivity index (χ4n) is 3.49. The van der Waals surface area contributed by atoms with Crippen molar-refractivity contribution >= 4 is 11.7 Å². The molecule has 0 bridgehead atoms. The van der Waals surface area contributed by atoms with Crippen molar-refractivity contribution in [2.75, 3.05) is 13.1 Å². The number of halogens is 3. The van der Waals surface area contributed by atoms with Crippen LogP contribution in [0.25, 0.3) is 0 Å². The number of likely N-dealkylation sites (tertiary alicyclic amines) is 1. The molecule has 1 saturated heterocycles. The van der Waals surface area contributed by atoms with E-state index < -0.39 is 29.1 Å². The first-order valence-corrected chi connectivity index (χ1v) is 9.29. The fourth-order valence-corrected chi connectivity index (χ4v) is 3.49. The average Bonchev–Trinajstić information content (AvgIpc) is 2.69. The number of carbonyl (C=O) groups is 2. The van der Waals surface area contributed by atoms with Gasteiger partial charge in [-0.1, -0.05) is 12.1 Å². The monoisotopic (exact) mass is 406 g/mol. The van der Waals surface area contributed by atoms with Crippen LogP contribution in [-0.4, -0.2) is 34.7 Å². The number of rotatable bonds is 3. The molecular formula is C21H21F3N2O3. The maximum atomic E-state index is 12.8. The largest absolute Gasteiger partial charge is 0.416 e. The van der Waals surface area contributed by atoms with Crippen molar-refractivity contribution in [2.24, 2.45) is 5.92 Å². The first-order chi connectivity index (χ1) is 13.6. The molecule has 1 aliphatic heterocycles. The van der Waals surface area contributed by atoms with E-state index in [9.17, 15) is 27.6 Å². The Morgan fingerprint density at radius 2 is 1.79 bits per heavy atom. The van der Waals surface area contributed by atoms with Crippen molar-refractivity contribution in [3.63, 3.8) is 0 Å². The van der Waals surface area contributed by atoms with Gasteiger partial charge in [-0.05, 0) is 50.5 Å². The zero-order valence-corrected chi connectivity index (χ0v) is 16.1. The van der Waals surface area contributed by atoms with Crippen LogP contribution in [0, 0.1) is 19.8 Å². The van der Waals surface area contributed by atoms with E-state index in [1.54, 1.807) is 13.8 Å². The van der Waals surface area contributed by atoms with E-state index in [-0.39, 0.29) is 23.5 Å². The number of aromatic nitrogens is 1. The van der Waals surface area contributed by atoms with Gasteiger partial charge in [0.05, 0.1) is 5.56 Å². The Balaban J connectivity index is 1.77. The summed E-state index contributed by atoms with van der Waals surface area (Å²) in [5.41, 5.74) is 0.373. The van der Waals surface area contributed by atoms with Gasteiger partial charge < -0.3 is 9.88 Å². The third-order valence-electron chi connectivity index (χ3n) is 5.30. The maximum absolute atomic E-state index is 12.8. The van der Waals surface area contributed by atoms with Crippen molar-refractivity contribution in [1.29, 1.82) is 0 Å². The van der Waals surface area contributed by atoms with E-state index in [2.05, 4.69) is 4.98 Å². The zero-order chi connectivity index (χ0) is 21.3. The van der Waals surface area contributed by atoms with Gasteiger partial charge in [-0.15, -0.1) is 0 Å². The van der Waals surface area contributed by atoms with Gasteiger partial charge in [0.2, 0.25) is 0 Å². The lowest BCUT2D eigenvalue weighted by Crippen LogP contribution is -2.44. The van der Waals surface area contributed by atoms with Gasteiger partial charge in [-0.25, -0.2) is 0 Å². The number of pyridine rings is 1. The Morgan fingerprint density at radius 1 is 1.14 bits per heavy atom. The minimum atomic E-state index is -4.46. The normalized spacial score (nSPS) is 17.3. The van der Waals surface area contributed by atoms with E-state index in [0.717, 1.165) is 17.7 Å². The first-order valence-electron chi connectivity index (χ1n) is 9.29. The van der Waals surface area contributed by atoms with E-state index in [1.165, 1.54) is 23.1 Å². The number of nitrogens with zero attached hydrogens (tertiary/aromatic N) is 1. The molecule has 1 N–H and O–H groups in total. The van der Waals surface area contributed by atoms with Gasteiger partial charge in [0.25, 0.3) is 11.5 Å². The van der Waals surface area contributed by atoms with Crippen molar-refractivity contribution < 1.29 is 22.8 Å². The van der Waals surface area contributed by atoms with Crippen molar-refractivity contribution in [2.45, 2.75) is 32.9 Å². The third kappa shape index (κ3) is 4.41. The number of hydrogen-bond donors (Lipinski definition) is 1. The number of H-pyrrole nitrogens is 1. The Labute approximate surface area is 165 Å². The second-order valence-corrected chi connectivity index (χ2v) is 7.35. The standard InChI is InChI=1S/C21H21F3N2O3/c1-12-10-17(19(28)25-13(12)2)20(29)26-9-3-4-15(11-26)18(27)14-5-7-16(8-6-14)21(22,23)24/h5-8,10,15H,3-4,9,11H2,1-2H3,(H,25,28). The van der Waals surface area contributed by atoms with Gasteiger partial charge in [0, 0.05) is 30.3 Å². The predicted molar refractivity (Wildman–Crippen MR) is 101 cm³/mol. The molecule has 0 spiro atoms. The highest BCUT2D eigenvalue weighted by molar-refractivity contribution is 5.99. The lowest BCUT2D eigenvalue weighted by molar-refractivity contribution is -0.137. The quantitative estimate of drug-likeness (QED) is 0.790. The Hall–Kier alpha value is -2.90. The number of carbonyl (C=O) groups excluding carboxylic acids is 2. The van der Waals surface area contributed by atoms with Crippen LogP contribution in [0.15, 0.2) is 35.1 Å². The van der Waals surface area contributed by atoms with Crippen LogP contribution in [0.2, 0.25) is 0 Å². The van der Waals surface area contributed by atoms with Crippen molar-refractivity contribution in [3.8, 4) is 0 Å². The first kappa shape index (κ1) is 20.8. The number of piperidine rings is 1. The molecular weight excluding hydrogens is 385 g/mol. The van der Waals surface area contributed by atoms with Crippen LogP contribution in [0.5, 0.6) is 0 Å². The van der Waals surface area contributed by atoms with Gasteiger partial charge >= 0.3 is 6.18 Å². The maximum Gasteiger partial charge on any atom is 0.416 e. The van der Waals surface area contributed by atoms with Crippen LogP contribution >= 0.6 is 0 Å². The molecule has 0 aliphatic carbocycles. The Morgan fingerprint density at radius 3 is 2.41 bits per heavy atom. The second-order valence-electron chi connectivity index (χ2n) is 7.35. The van der Waals surface area contributed by atoms with E-state index in [4.69, 9.17) is 0 Å². The smallest absolute Gasteiger partial charge is 0.338 e. The molecule has 0 saturated carbocycles. The van der Waals surface area contributed by atoms with Crippen molar-refractivity contribution in [3.05, 3.63) is 68.6 Å². The number of aryl methyl sites for hydroxylation is 2. The van der Waals surface area contributed by atoms with Gasteiger partial charge in [0.15, 0.2) is 5.78 Å². The molecule has 1 aliphatic rings. The Kier molecular flexibility index (Phi) is 5.64. The van der Waals surface area contributed by atoms with E-state index >= 15 is 0 Å². The number of benzene rings is 1. The molecule has 2 heterocycles. The van der Waals surface area contributed by atoms with Gasteiger partial charge in [-0.3, -0.25) is 14.4 Å². The van der Waals surface area contributed by atoms with E-state index in [0.29, 0.717) is 25.1 Å². The predicted octanol–water partition coefficient (Wildman–Crippen LogP) is 3.75. The number of Topliss-reactive ketones (excluding diaryl/α,β-unsaturated/α-hetero) is 1. The fraction of sp³-hybridized carbons (Fsp3) is 0.381. The molecule has 154 valence electrons. The molecule has 1 unspecified atom stereocenters. The van der Waals surface area contributed by atoms with Crippen LogP contribution < -0.4 is 5.56 Å². The highest BCUT2D eigenvalue weighted by atomic mass is 19.4. The van der Waals surface area contributed by atoms with Crippen LogP contribution in [0.1, 0.15) is 50.4 Å². The second kappa shape index (κ2) is 7.85. The van der Waals surface area contributed by atoms with Crippen LogP contribution in [-0.2, 0) is 6.18 Å². The molecule has 3 rings (SSSR count). The summed E-state index contributed by atoms with van der Waals surface area (Å²) in [5, 5.41) is 0. The molecule has 2 aromatic rings. The molecule has 0 radical (unpaired) electrons. The molecule has 1 amide bonds. The SMILES string of the molecule is Cc1cc(C(=O)N2CCCC(C(=O)c3ccc(C(F)(F)F)cc3)C2)c(=O)[nH]c1C. The Bertz CT molecular complexity index is 994. The summed E-state index contributed by atoms with van der Waals surface area (Å²) in [5.74, 6) is -1.26. The summed E-state index contributed by atoms with van der Waals surface area (Å²) in [6.07, 6.45) is -3.35. The average molecular weight is 406 g/mol. The topological polar surface area (TPSA) is 70.2 Å². The minimum Gasteiger partial charge on any atom is -0.338 e. The molecule has 5 nitrogen and oxygen atoms in total. The summed E-state index contributed by atoms with van der Waals surface area (Å²) in [4.78, 5) is 41.8. The van der Waals surface area contributed by atoms with E-state index in [1.807, 2.05) is 0 Å². The molecule has 29 heavy (non-hydrogen) atoms. The lowest BCUT2D eigenvalue weighted by Gasteiger charge is -2.32. The highest BCUT2D eigenvalue weighted by Gasteiger charge is 2.32. The summed E-state index contributed by atoms with van der Waals surface area (Å²) in [6, 6.07) is 5.64. The summed E-state index contributed by atoms with van der Waals surface area (Å²) < 4.78 is 38.1. The number of amides is 1. The lowest BCUT2D eigenvalue weighted by atomic mass is 9.89. The number of hydrogen-bond acceptors (Lipinski definition) is 3. The summed E-state index contributed by atoms with van der Waals surface area (Å²) in [7, 11) is 0. The minimum absolute atomic E-state index is 0.0238. The number of alkyl halides is 3. The zero-order valence-electron chi connectivity index (χ0n) is 16.1. The third-order valence-corrected chi connectivity index (χ3v) is 5.30. The molecule has 1 fully saturated rings. The number of nitrogens with one attached hydrogen (secondary N) is 1. The number of ketones is 1. The van der Waals surface area contributed by atoms with Crippen molar-refractivity contribution in [1.82, 2.24) is 9.88 Å². The number of aromatic amines is 1. The molecule has 1 atom stereocenters. The van der Waals surface area contributed by atoms with Gasteiger partial charge in [0.1, 0.15) is 5.56 Å². The van der Waals surface area contributed by atoms with Gasteiger partial charge in [-0.2, -0.15) is 13.2 Å². The summed E-state index contributed by atoms with van der Waals surface area (Å²) >= 11 is 0. The molecule has 1 aromatic carbocycles. The summed E-state index contributed by atoms with van der Waals surface area (Å²) in [6.45, 7) is 4.08. The molecule has 1 aromatic heterocycles. The highest BCUT2D eigenvalue weighted by Crippen LogP contribution is 2.30. The van der Waals surface area contributed by atoms with Crippen LogP contribution in [0.3, 0.4) is 0 Å². The molecule has 8 heteroatoms.